The highest BCUT2D eigenvalue weighted by Crippen LogP contribution is 2.21. The predicted molar refractivity (Wildman–Crippen MR) is 110 cm³/mol. The van der Waals surface area contributed by atoms with E-state index < -0.39 is 0 Å². The van der Waals surface area contributed by atoms with Gasteiger partial charge in [-0.3, -0.25) is 10.00 Å². The molecule has 3 aromatic rings. The van der Waals surface area contributed by atoms with Gasteiger partial charge in [0.15, 0.2) is 5.82 Å². The van der Waals surface area contributed by atoms with Crippen LogP contribution in [0.3, 0.4) is 0 Å². The Bertz CT molecular complexity index is 895. The second-order valence-electron chi connectivity index (χ2n) is 6.70. The lowest BCUT2D eigenvalue weighted by Gasteiger charge is -2.23. The fraction of sp³-hybridized carbons (Fsp3) is 0.368. The summed E-state index contributed by atoms with van der Waals surface area (Å²) in [7, 11) is 0. The van der Waals surface area contributed by atoms with Gasteiger partial charge in [0.25, 0.3) is 0 Å². The standard InChI is InChI=1S/C19H23N5S2/c1-15-5-7-16(8-6-15)23-10-3-9-22(11-12-23)14-24-19(25)20-18(21-24)17-4-2-13-26-17/h2,4-8,13H,3,9-12,14H2,1H3,(H,20,21,25). The molecule has 0 aliphatic carbocycles. The zero-order valence-electron chi connectivity index (χ0n) is 14.9. The van der Waals surface area contributed by atoms with Gasteiger partial charge in [-0.2, -0.15) is 4.98 Å². The molecule has 1 aromatic carbocycles. The molecule has 136 valence electrons. The highest BCUT2D eigenvalue weighted by Gasteiger charge is 2.16. The van der Waals surface area contributed by atoms with Crippen LogP contribution in [0.2, 0.25) is 0 Å². The molecule has 0 spiro atoms. The number of hydrogen-bond donors (Lipinski definition) is 1. The van der Waals surface area contributed by atoms with Crippen molar-refractivity contribution in [3.05, 3.63) is 52.1 Å². The van der Waals surface area contributed by atoms with Crippen LogP contribution in [0.5, 0.6) is 0 Å². The molecular formula is C19H23N5S2. The number of anilines is 1. The van der Waals surface area contributed by atoms with Crippen molar-refractivity contribution in [3.63, 3.8) is 0 Å². The molecule has 7 heteroatoms. The second kappa shape index (κ2) is 7.73. The minimum absolute atomic E-state index is 0.619. The number of aryl methyl sites for hydroxylation is 1. The quantitative estimate of drug-likeness (QED) is 0.685. The molecule has 0 amide bonds. The SMILES string of the molecule is Cc1ccc(N2CCCN(Cn3[nH]c(-c4cccs4)nc3=S)CC2)cc1. The maximum Gasteiger partial charge on any atom is 0.217 e. The van der Waals surface area contributed by atoms with Gasteiger partial charge in [0.05, 0.1) is 11.5 Å². The van der Waals surface area contributed by atoms with Gasteiger partial charge < -0.3 is 4.90 Å². The lowest BCUT2D eigenvalue weighted by molar-refractivity contribution is 0.220. The Labute approximate surface area is 162 Å². The van der Waals surface area contributed by atoms with Crippen LogP contribution in [-0.2, 0) is 6.67 Å². The molecule has 0 atom stereocenters. The molecule has 1 aliphatic heterocycles. The molecule has 1 fully saturated rings. The third kappa shape index (κ3) is 3.90. The van der Waals surface area contributed by atoms with Crippen LogP contribution in [0.1, 0.15) is 12.0 Å². The van der Waals surface area contributed by atoms with E-state index in [-0.39, 0.29) is 0 Å². The van der Waals surface area contributed by atoms with E-state index in [1.807, 2.05) is 10.7 Å². The van der Waals surface area contributed by atoms with Gasteiger partial charge in [0, 0.05) is 31.9 Å². The Kier molecular flexibility index (Phi) is 5.19. The number of aromatic amines is 1. The van der Waals surface area contributed by atoms with E-state index in [2.05, 4.69) is 62.5 Å². The molecule has 1 aliphatic rings. The number of aromatic nitrogens is 3. The van der Waals surface area contributed by atoms with Crippen LogP contribution in [0, 0.1) is 11.7 Å². The average molecular weight is 386 g/mol. The maximum absolute atomic E-state index is 5.45. The Morgan fingerprint density at radius 1 is 1.12 bits per heavy atom. The van der Waals surface area contributed by atoms with Crippen molar-refractivity contribution in [2.75, 3.05) is 31.1 Å². The topological polar surface area (TPSA) is 40.1 Å². The molecule has 4 rings (SSSR count). The fourth-order valence-electron chi connectivity index (χ4n) is 3.30. The first kappa shape index (κ1) is 17.5. The third-order valence-corrected chi connectivity index (χ3v) is 5.95. The van der Waals surface area contributed by atoms with E-state index >= 15 is 0 Å². The third-order valence-electron chi connectivity index (χ3n) is 4.76. The Morgan fingerprint density at radius 3 is 2.73 bits per heavy atom. The van der Waals surface area contributed by atoms with E-state index in [0.29, 0.717) is 4.77 Å². The Balaban J connectivity index is 1.42. The van der Waals surface area contributed by atoms with E-state index in [1.54, 1.807) is 11.3 Å². The van der Waals surface area contributed by atoms with Crippen molar-refractivity contribution in [1.82, 2.24) is 19.7 Å². The predicted octanol–water partition coefficient (Wildman–Crippen LogP) is 4.15. The number of nitrogens with one attached hydrogen (secondary N) is 1. The summed E-state index contributed by atoms with van der Waals surface area (Å²) in [5.41, 5.74) is 2.62. The van der Waals surface area contributed by atoms with E-state index in [0.717, 1.165) is 50.0 Å². The first-order valence-corrected chi connectivity index (χ1v) is 10.2. The van der Waals surface area contributed by atoms with E-state index in [1.165, 1.54) is 11.3 Å². The minimum Gasteiger partial charge on any atom is -0.370 e. The zero-order valence-corrected chi connectivity index (χ0v) is 16.5. The molecule has 0 saturated carbocycles. The van der Waals surface area contributed by atoms with Crippen molar-refractivity contribution in [2.45, 2.75) is 20.0 Å². The zero-order chi connectivity index (χ0) is 17.9. The van der Waals surface area contributed by atoms with E-state index in [4.69, 9.17) is 12.2 Å². The van der Waals surface area contributed by atoms with Crippen molar-refractivity contribution >= 4 is 29.2 Å². The summed E-state index contributed by atoms with van der Waals surface area (Å²) in [4.78, 5) is 10.5. The molecular weight excluding hydrogens is 362 g/mol. The molecule has 2 aromatic heterocycles. The summed E-state index contributed by atoms with van der Waals surface area (Å²) in [5.74, 6) is 0.862. The van der Waals surface area contributed by atoms with Crippen molar-refractivity contribution in [3.8, 4) is 10.7 Å². The first-order chi connectivity index (χ1) is 12.7. The smallest absolute Gasteiger partial charge is 0.217 e. The summed E-state index contributed by atoms with van der Waals surface area (Å²) < 4.78 is 2.60. The van der Waals surface area contributed by atoms with Crippen molar-refractivity contribution in [2.24, 2.45) is 0 Å². The molecule has 1 saturated heterocycles. The van der Waals surface area contributed by atoms with Crippen LogP contribution in [0.15, 0.2) is 41.8 Å². The number of hydrogen-bond acceptors (Lipinski definition) is 5. The number of benzene rings is 1. The summed E-state index contributed by atoms with van der Waals surface area (Å²) >= 11 is 7.12. The normalized spacial score (nSPS) is 16.0. The number of H-pyrrole nitrogens is 1. The van der Waals surface area contributed by atoms with Crippen molar-refractivity contribution < 1.29 is 0 Å². The highest BCUT2D eigenvalue weighted by atomic mass is 32.1. The van der Waals surface area contributed by atoms with Crippen LogP contribution < -0.4 is 4.90 Å². The highest BCUT2D eigenvalue weighted by molar-refractivity contribution is 7.71. The molecule has 0 unspecified atom stereocenters. The van der Waals surface area contributed by atoms with Gasteiger partial charge in [-0.05, 0) is 49.1 Å². The molecule has 5 nitrogen and oxygen atoms in total. The molecule has 1 N–H and O–H groups in total. The van der Waals surface area contributed by atoms with Gasteiger partial charge >= 0.3 is 0 Å². The summed E-state index contributed by atoms with van der Waals surface area (Å²) in [6.45, 7) is 7.10. The minimum atomic E-state index is 0.619. The van der Waals surface area contributed by atoms with Gasteiger partial charge in [-0.1, -0.05) is 23.8 Å². The second-order valence-corrected chi connectivity index (χ2v) is 8.01. The Morgan fingerprint density at radius 2 is 1.96 bits per heavy atom. The van der Waals surface area contributed by atoms with Gasteiger partial charge in [0.1, 0.15) is 0 Å². The molecule has 0 radical (unpaired) electrons. The monoisotopic (exact) mass is 385 g/mol. The lowest BCUT2D eigenvalue weighted by atomic mass is 10.2. The Hall–Kier alpha value is -1.96. The largest absolute Gasteiger partial charge is 0.370 e. The fourth-order valence-corrected chi connectivity index (χ4v) is 4.16. The van der Waals surface area contributed by atoms with E-state index in [9.17, 15) is 0 Å². The first-order valence-electron chi connectivity index (χ1n) is 8.94. The molecule has 26 heavy (non-hydrogen) atoms. The van der Waals surface area contributed by atoms with Crippen molar-refractivity contribution in [1.29, 1.82) is 0 Å². The van der Waals surface area contributed by atoms with Crippen LogP contribution >= 0.6 is 23.6 Å². The molecule has 3 heterocycles. The van der Waals surface area contributed by atoms with Crippen LogP contribution in [-0.4, -0.2) is 45.8 Å². The summed E-state index contributed by atoms with van der Waals surface area (Å²) in [6.07, 6.45) is 1.15. The molecule has 0 bridgehead atoms. The van der Waals surface area contributed by atoms with Gasteiger partial charge in [-0.15, -0.1) is 11.3 Å². The number of nitrogens with zero attached hydrogens (tertiary/aromatic N) is 4. The summed E-state index contributed by atoms with van der Waals surface area (Å²) in [5, 5.41) is 5.41. The van der Waals surface area contributed by atoms with Crippen LogP contribution in [0.25, 0.3) is 10.7 Å². The average Bonchev–Trinajstić information content (AvgIpc) is 3.22. The maximum atomic E-state index is 5.45. The van der Waals surface area contributed by atoms with Crippen LogP contribution in [0.4, 0.5) is 5.69 Å². The number of thiophene rings is 1. The van der Waals surface area contributed by atoms with Gasteiger partial charge in [0.2, 0.25) is 4.77 Å². The summed E-state index contributed by atoms with van der Waals surface area (Å²) in [6, 6.07) is 12.9. The lowest BCUT2D eigenvalue weighted by Crippen LogP contribution is -2.32. The van der Waals surface area contributed by atoms with Gasteiger partial charge in [-0.25, -0.2) is 4.68 Å². The number of rotatable bonds is 4.